The van der Waals surface area contributed by atoms with E-state index >= 15 is 0 Å². The zero-order valence-corrected chi connectivity index (χ0v) is 19.2. The number of nitrogens with one attached hydrogen (secondary N) is 1. The molecule has 0 saturated carbocycles. The number of H-pyrrole nitrogens is 1. The number of aromatic amines is 1. The summed E-state index contributed by atoms with van der Waals surface area (Å²) in [4.78, 5) is 3.38. The molecule has 0 saturated heterocycles. The fourth-order valence-electron chi connectivity index (χ4n) is 4.37. The van der Waals surface area contributed by atoms with Gasteiger partial charge in [0.05, 0.1) is 22.5 Å². The molecule has 0 aliphatic rings. The van der Waals surface area contributed by atoms with E-state index in [-0.39, 0.29) is 0 Å². The standard InChI is InChI=1S/C30H19F6N/c31-29(32,33)23-15-11-20(12-16-23)26-25(19-7-3-1-4-8-19)27(21-9-5-2-6-10-21)37-28(26)22-13-17-24(18-14-22)30(34,35)36/h1-18,37H. The molecule has 37 heavy (non-hydrogen) atoms. The molecule has 0 unspecified atom stereocenters. The predicted octanol–water partition coefficient (Wildman–Crippen LogP) is 9.72. The number of aromatic nitrogens is 1. The van der Waals surface area contributed by atoms with Crippen LogP contribution in [0.25, 0.3) is 44.8 Å². The topological polar surface area (TPSA) is 15.8 Å². The van der Waals surface area contributed by atoms with Crippen molar-refractivity contribution in [3.05, 3.63) is 120 Å². The molecule has 5 aromatic rings. The summed E-state index contributed by atoms with van der Waals surface area (Å²) in [6.07, 6.45) is -8.99. The molecular formula is C30H19F6N. The zero-order valence-electron chi connectivity index (χ0n) is 19.2. The molecule has 1 nitrogen and oxygen atoms in total. The average Bonchev–Trinajstić information content (AvgIpc) is 3.29. The molecule has 0 radical (unpaired) electrons. The molecule has 4 aromatic carbocycles. The van der Waals surface area contributed by atoms with Gasteiger partial charge in [-0.05, 0) is 46.5 Å². The highest BCUT2D eigenvalue weighted by molar-refractivity contribution is 6.01. The molecule has 1 N–H and O–H groups in total. The van der Waals surface area contributed by atoms with Gasteiger partial charge in [0.25, 0.3) is 0 Å². The number of rotatable bonds is 4. The summed E-state index contributed by atoms with van der Waals surface area (Å²) < 4.78 is 79.5. The minimum atomic E-state index is -4.50. The maximum Gasteiger partial charge on any atom is 0.416 e. The van der Waals surface area contributed by atoms with Gasteiger partial charge in [-0.1, -0.05) is 84.9 Å². The Bertz CT molecular complexity index is 1500. The van der Waals surface area contributed by atoms with Crippen LogP contribution in [0.2, 0.25) is 0 Å². The fraction of sp³-hybridized carbons (Fsp3) is 0.0667. The Morgan fingerprint density at radius 3 is 1.11 bits per heavy atom. The lowest BCUT2D eigenvalue weighted by Gasteiger charge is -2.12. The summed E-state index contributed by atoms with van der Waals surface area (Å²) in [5.41, 5.74) is 3.58. The van der Waals surface area contributed by atoms with E-state index < -0.39 is 23.5 Å². The third-order valence-corrected chi connectivity index (χ3v) is 6.13. The highest BCUT2D eigenvalue weighted by atomic mass is 19.4. The monoisotopic (exact) mass is 507 g/mol. The van der Waals surface area contributed by atoms with E-state index in [2.05, 4.69) is 4.98 Å². The third-order valence-electron chi connectivity index (χ3n) is 6.13. The van der Waals surface area contributed by atoms with E-state index in [9.17, 15) is 26.3 Å². The highest BCUT2D eigenvalue weighted by Crippen LogP contribution is 2.46. The van der Waals surface area contributed by atoms with Crippen LogP contribution in [0.15, 0.2) is 109 Å². The second-order valence-electron chi connectivity index (χ2n) is 8.51. The summed E-state index contributed by atoms with van der Waals surface area (Å²) in [6.45, 7) is 0. The minimum Gasteiger partial charge on any atom is -0.353 e. The van der Waals surface area contributed by atoms with E-state index in [4.69, 9.17) is 0 Å². The van der Waals surface area contributed by atoms with Crippen LogP contribution in [-0.2, 0) is 12.4 Å². The SMILES string of the molecule is FC(F)(F)c1ccc(-c2[nH]c(-c3ccccc3)c(-c3ccccc3)c2-c2ccc(C(F)(F)F)cc2)cc1. The molecule has 0 aliphatic carbocycles. The smallest absolute Gasteiger partial charge is 0.353 e. The van der Waals surface area contributed by atoms with E-state index in [0.717, 1.165) is 41.0 Å². The van der Waals surface area contributed by atoms with Crippen molar-refractivity contribution in [3.8, 4) is 44.8 Å². The lowest BCUT2D eigenvalue weighted by atomic mass is 9.91. The Balaban J connectivity index is 1.80. The van der Waals surface area contributed by atoms with Crippen molar-refractivity contribution in [2.75, 3.05) is 0 Å². The first kappa shape index (κ1) is 24.4. The van der Waals surface area contributed by atoms with Gasteiger partial charge in [0.15, 0.2) is 0 Å². The molecule has 0 aliphatic heterocycles. The molecule has 186 valence electrons. The van der Waals surface area contributed by atoms with Crippen LogP contribution in [0.4, 0.5) is 26.3 Å². The maximum absolute atomic E-state index is 13.3. The molecule has 0 amide bonds. The average molecular weight is 507 g/mol. The van der Waals surface area contributed by atoms with Gasteiger partial charge in [0.2, 0.25) is 0 Å². The largest absolute Gasteiger partial charge is 0.416 e. The van der Waals surface area contributed by atoms with Crippen molar-refractivity contribution < 1.29 is 26.3 Å². The molecule has 1 aromatic heterocycles. The Kier molecular flexibility index (Phi) is 6.15. The van der Waals surface area contributed by atoms with Crippen LogP contribution in [0.1, 0.15) is 11.1 Å². The van der Waals surface area contributed by atoms with Crippen LogP contribution in [-0.4, -0.2) is 4.98 Å². The quantitative estimate of drug-likeness (QED) is 0.233. The van der Waals surface area contributed by atoms with Crippen molar-refractivity contribution in [1.29, 1.82) is 0 Å². The highest BCUT2D eigenvalue weighted by Gasteiger charge is 2.32. The first-order chi connectivity index (χ1) is 17.6. The van der Waals surface area contributed by atoms with Gasteiger partial charge in [-0.2, -0.15) is 26.3 Å². The van der Waals surface area contributed by atoms with Gasteiger partial charge in [-0.25, -0.2) is 0 Å². The summed E-state index contributed by atoms with van der Waals surface area (Å²) in [6, 6.07) is 28.2. The molecule has 1 heterocycles. The second kappa shape index (κ2) is 9.32. The lowest BCUT2D eigenvalue weighted by molar-refractivity contribution is -0.138. The first-order valence-electron chi connectivity index (χ1n) is 11.3. The normalized spacial score (nSPS) is 12.1. The number of hydrogen-bond donors (Lipinski definition) is 1. The Morgan fingerprint density at radius 1 is 0.378 bits per heavy atom. The molecule has 0 bridgehead atoms. The van der Waals surface area contributed by atoms with Crippen LogP contribution in [0.3, 0.4) is 0 Å². The van der Waals surface area contributed by atoms with Crippen molar-refractivity contribution in [2.45, 2.75) is 12.4 Å². The molecule has 0 fully saturated rings. The fourth-order valence-corrected chi connectivity index (χ4v) is 4.37. The summed E-state index contributed by atoms with van der Waals surface area (Å²) >= 11 is 0. The summed E-state index contributed by atoms with van der Waals surface area (Å²) in [7, 11) is 0. The predicted molar refractivity (Wildman–Crippen MR) is 133 cm³/mol. The number of benzene rings is 4. The van der Waals surface area contributed by atoms with E-state index in [1.807, 2.05) is 60.7 Å². The van der Waals surface area contributed by atoms with Crippen LogP contribution in [0, 0.1) is 0 Å². The molecule has 5 rings (SSSR count). The Hall–Kier alpha value is -4.26. The van der Waals surface area contributed by atoms with Crippen molar-refractivity contribution in [2.24, 2.45) is 0 Å². The van der Waals surface area contributed by atoms with Gasteiger partial charge in [0.1, 0.15) is 0 Å². The third kappa shape index (κ3) is 4.89. The van der Waals surface area contributed by atoms with Crippen LogP contribution in [0.5, 0.6) is 0 Å². The molecule has 0 spiro atoms. The van der Waals surface area contributed by atoms with Gasteiger partial charge >= 0.3 is 12.4 Å². The Labute approximate surface area is 209 Å². The summed E-state index contributed by atoms with van der Waals surface area (Å²) in [5.74, 6) is 0. The van der Waals surface area contributed by atoms with Gasteiger partial charge < -0.3 is 4.98 Å². The maximum atomic E-state index is 13.3. The van der Waals surface area contributed by atoms with E-state index in [1.165, 1.54) is 24.3 Å². The zero-order chi connectivity index (χ0) is 26.2. The minimum absolute atomic E-state index is 0.474. The number of hydrogen-bond acceptors (Lipinski definition) is 0. The van der Waals surface area contributed by atoms with Crippen LogP contribution >= 0.6 is 0 Å². The lowest BCUT2D eigenvalue weighted by Crippen LogP contribution is -2.04. The van der Waals surface area contributed by atoms with E-state index in [1.54, 1.807) is 0 Å². The van der Waals surface area contributed by atoms with Crippen molar-refractivity contribution in [1.82, 2.24) is 4.98 Å². The Morgan fingerprint density at radius 2 is 0.703 bits per heavy atom. The van der Waals surface area contributed by atoms with Crippen molar-refractivity contribution >= 4 is 0 Å². The molecule has 7 heteroatoms. The van der Waals surface area contributed by atoms with Gasteiger partial charge in [0, 0.05) is 11.1 Å². The van der Waals surface area contributed by atoms with Gasteiger partial charge in [-0.3, -0.25) is 0 Å². The van der Waals surface area contributed by atoms with Gasteiger partial charge in [-0.15, -0.1) is 0 Å². The first-order valence-corrected chi connectivity index (χ1v) is 11.3. The second-order valence-corrected chi connectivity index (χ2v) is 8.51. The van der Waals surface area contributed by atoms with Crippen LogP contribution < -0.4 is 0 Å². The molecular weight excluding hydrogens is 488 g/mol. The molecule has 0 atom stereocenters. The van der Waals surface area contributed by atoms with E-state index in [0.29, 0.717) is 28.1 Å². The summed E-state index contributed by atoms with van der Waals surface area (Å²) in [5, 5.41) is 0. The van der Waals surface area contributed by atoms with Crippen molar-refractivity contribution in [3.63, 3.8) is 0 Å². The number of halogens is 6. The number of alkyl halides is 6.